The molecule has 0 aromatic carbocycles. The molecule has 4 rings (SSSR count). The van der Waals surface area contributed by atoms with Crippen LogP contribution in [0.5, 0.6) is 5.75 Å². The van der Waals surface area contributed by atoms with Gasteiger partial charge in [-0.1, -0.05) is 0 Å². The van der Waals surface area contributed by atoms with Gasteiger partial charge in [-0.05, 0) is 69.8 Å². The number of aromatic nitrogens is 1. The smallest absolute Gasteiger partial charge is 0.122 e. The fraction of sp³-hybridized carbons (Fsp3) is 0.591. The van der Waals surface area contributed by atoms with E-state index in [4.69, 9.17) is 13.9 Å². The van der Waals surface area contributed by atoms with E-state index < -0.39 is 0 Å². The monoisotopic (exact) mass is 370 g/mol. The van der Waals surface area contributed by atoms with Crippen LogP contribution in [0.15, 0.2) is 41.1 Å². The lowest BCUT2D eigenvalue weighted by atomic mass is 9.88. The molecule has 5 nitrogen and oxygen atoms in total. The van der Waals surface area contributed by atoms with E-state index in [2.05, 4.69) is 16.0 Å². The second-order valence-corrected chi connectivity index (χ2v) is 7.91. The van der Waals surface area contributed by atoms with Crippen molar-refractivity contribution in [1.29, 1.82) is 0 Å². The number of hydrogen-bond acceptors (Lipinski definition) is 5. The lowest BCUT2D eigenvalue weighted by Crippen LogP contribution is -2.45. The number of pyridine rings is 1. The van der Waals surface area contributed by atoms with Crippen LogP contribution in [0.3, 0.4) is 0 Å². The van der Waals surface area contributed by atoms with Crippen molar-refractivity contribution in [2.45, 2.75) is 57.2 Å². The van der Waals surface area contributed by atoms with Gasteiger partial charge < -0.3 is 18.8 Å². The van der Waals surface area contributed by atoms with Crippen LogP contribution in [0.1, 0.15) is 43.6 Å². The highest BCUT2D eigenvalue weighted by atomic mass is 16.6. The molecule has 0 radical (unpaired) electrons. The van der Waals surface area contributed by atoms with Crippen molar-refractivity contribution in [3.8, 4) is 5.75 Å². The molecular weight excluding hydrogens is 340 g/mol. The summed E-state index contributed by atoms with van der Waals surface area (Å²) in [4.78, 5) is 6.59. The Hall–Kier alpha value is -1.85. The summed E-state index contributed by atoms with van der Waals surface area (Å²) in [5.74, 6) is 2.99. The molecule has 1 spiro atoms. The molecule has 2 aliphatic rings. The number of hydrogen-bond donors (Lipinski definition) is 0. The second-order valence-electron chi connectivity index (χ2n) is 7.91. The fourth-order valence-corrected chi connectivity index (χ4v) is 4.28. The Balaban J connectivity index is 1.16. The van der Waals surface area contributed by atoms with Crippen molar-refractivity contribution < 1.29 is 13.9 Å². The van der Waals surface area contributed by atoms with Crippen LogP contribution < -0.4 is 4.74 Å². The van der Waals surface area contributed by atoms with Crippen LogP contribution in [0, 0.1) is 6.92 Å². The van der Waals surface area contributed by atoms with E-state index >= 15 is 0 Å². The molecule has 0 saturated carbocycles. The molecule has 1 unspecified atom stereocenters. The zero-order valence-corrected chi connectivity index (χ0v) is 16.2. The third-order valence-corrected chi connectivity index (χ3v) is 5.89. The van der Waals surface area contributed by atoms with Crippen LogP contribution in [0.2, 0.25) is 0 Å². The largest absolute Gasteiger partial charge is 0.491 e. The van der Waals surface area contributed by atoms with Crippen LogP contribution in [-0.4, -0.2) is 47.8 Å². The summed E-state index contributed by atoms with van der Waals surface area (Å²) < 4.78 is 18.0. The minimum Gasteiger partial charge on any atom is -0.491 e. The first-order valence-corrected chi connectivity index (χ1v) is 10.2. The number of nitrogens with zero attached hydrogens (tertiary/aromatic N) is 2. The molecule has 2 aromatic heterocycles. The highest BCUT2D eigenvalue weighted by molar-refractivity contribution is 5.16. The first-order chi connectivity index (χ1) is 13.2. The molecule has 0 aliphatic carbocycles. The highest BCUT2D eigenvalue weighted by Crippen LogP contribution is 2.39. The van der Waals surface area contributed by atoms with Crippen molar-refractivity contribution in [3.63, 3.8) is 0 Å². The number of piperidine rings is 1. The number of furan rings is 1. The maximum absolute atomic E-state index is 6.45. The maximum Gasteiger partial charge on any atom is 0.122 e. The Bertz CT molecular complexity index is 707. The maximum atomic E-state index is 6.45. The lowest BCUT2D eigenvalue weighted by molar-refractivity contribution is -0.0865. The fourth-order valence-electron chi connectivity index (χ4n) is 4.28. The Kier molecular flexibility index (Phi) is 5.79. The van der Waals surface area contributed by atoms with Crippen molar-refractivity contribution >= 4 is 0 Å². The zero-order valence-electron chi connectivity index (χ0n) is 16.2. The molecular formula is C22H30N2O3. The van der Waals surface area contributed by atoms with Gasteiger partial charge in [0, 0.05) is 31.9 Å². The van der Waals surface area contributed by atoms with Gasteiger partial charge in [-0.3, -0.25) is 4.98 Å². The molecule has 1 atom stereocenters. The van der Waals surface area contributed by atoms with Crippen molar-refractivity contribution in [3.05, 3.63) is 48.2 Å². The number of likely N-dealkylation sites (tertiary alicyclic amines) is 1. The molecule has 0 amide bonds. The van der Waals surface area contributed by atoms with E-state index in [0.717, 1.165) is 75.4 Å². The summed E-state index contributed by atoms with van der Waals surface area (Å²) in [7, 11) is 0. The van der Waals surface area contributed by atoms with Gasteiger partial charge in [0.15, 0.2) is 0 Å². The van der Waals surface area contributed by atoms with Gasteiger partial charge in [-0.25, -0.2) is 0 Å². The van der Waals surface area contributed by atoms with E-state index in [1.807, 2.05) is 25.1 Å². The summed E-state index contributed by atoms with van der Waals surface area (Å²) in [6.07, 6.45) is 10.5. The molecule has 2 fully saturated rings. The Morgan fingerprint density at radius 3 is 2.70 bits per heavy atom. The van der Waals surface area contributed by atoms with Gasteiger partial charge in [0.25, 0.3) is 0 Å². The minimum atomic E-state index is 0.0842. The molecule has 5 heteroatoms. The zero-order chi connectivity index (χ0) is 18.5. The van der Waals surface area contributed by atoms with Crippen molar-refractivity contribution in [1.82, 2.24) is 9.88 Å². The third-order valence-electron chi connectivity index (χ3n) is 5.89. The van der Waals surface area contributed by atoms with E-state index in [0.29, 0.717) is 6.61 Å². The molecule has 2 aliphatic heterocycles. The van der Waals surface area contributed by atoms with E-state index in [-0.39, 0.29) is 11.7 Å². The van der Waals surface area contributed by atoms with Crippen LogP contribution in [0.25, 0.3) is 0 Å². The van der Waals surface area contributed by atoms with Crippen LogP contribution in [0.4, 0.5) is 0 Å². The Morgan fingerprint density at radius 2 is 1.96 bits per heavy atom. The Labute approximate surface area is 161 Å². The summed E-state index contributed by atoms with van der Waals surface area (Å²) >= 11 is 0. The molecule has 2 aromatic rings. The minimum absolute atomic E-state index is 0.0842. The summed E-state index contributed by atoms with van der Waals surface area (Å²) in [5.41, 5.74) is 0.0842. The molecule has 4 heterocycles. The standard InChI is InChI=1S/C22H30N2O3/c1-18-4-5-20(26-18)3-2-14-24-15-10-22(11-16-24)9-6-21(27-22)17-25-19-7-12-23-13-8-19/h4-5,7-8,12-13,21H,2-3,6,9-11,14-17H2,1H3. The van der Waals surface area contributed by atoms with E-state index in [9.17, 15) is 0 Å². The number of aryl methyl sites for hydroxylation is 2. The van der Waals surface area contributed by atoms with Gasteiger partial charge in [0.05, 0.1) is 11.7 Å². The average molecular weight is 370 g/mol. The normalized spacial score (nSPS) is 22.3. The first-order valence-electron chi connectivity index (χ1n) is 10.2. The number of ether oxygens (including phenoxy) is 2. The third kappa shape index (κ3) is 4.90. The van der Waals surface area contributed by atoms with Gasteiger partial charge >= 0.3 is 0 Å². The van der Waals surface area contributed by atoms with Gasteiger partial charge in [0.2, 0.25) is 0 Å². The predicted octanol–water partition coefficient (Wildman–Crippen LogP) is 4.01. The topological polar surface area (TPSA) is 47.7 Å². The van der Waals surface area contributed by atoms with Gasteiger partial charge in [0.1, 0.15) is 23.9 Å². The average Bonchev–Trinajstić information content (AvgIpc) is 3.29. The first kappa shape index (κ1) is 18.5. The van der Waals surface area contributed by atoms with Crippen molar-refractivity contribution in [2.24, 2.45) is 0 Å². The SMILES string of the molecule is Cc1ccc(CCCN2CCC3(CCC(COc4ccncc4)O3)CC2)o1. The summed E-state index contributed by atoms with van der Waals surface area (Å²) in [6.45, 7) is 6.05. The Morgan fingerprint density at radius 1 is 1.15 bits per heavy atom. The predicted molar refractivity (Wildman–Crippen MR) is 104 cm³/mol. The van der Waals surface area contributed by atoms with E-state index in [1.165, 1.54) is 0 Å². The molecule has 2 saturated heterocycles. The van der Waals surface area contributed by atoms with E-state index in [1.54, 1.807) is 12.4 Å². The van der Waals surface area contributed by atoms with Crippen LogP contribution in [-0.2, 0) is 11.2 Å². The van der Waals surface area contributed by atoms with Crippen LogP contribution >= 0.6 is 0 Å². The highest BCUT2D eigenvalue weighted by Gasteiger charge is 2.42. The molecule has 0 N–H and O–H groups in total. The second kappa shape index (κ2) is 8.44. The lowest BCUT2D eigenvalue weighted by Gasteiger charge is -2.39. The molecule has 0 bridgehead atoms. The number of rotatable bonds is 7. The van der Waals surface area contributed by atoms with Crippen molar-refractivity contribution in [2.75, 3.05) is 26.2 Å². The summed E-state index contributed by atoms with van der Waals surface area (Å²) in [5, 5.41) is 0. The molecule has 27 heavy (non-hydrogen) atoms. The summed E-state index contributed by atoms with van der Waals surface area (Å²) in [6, 6.07) is 7.94. The molecule has 146 valence electrons. The van der Waals surface area contributed by atoms with Gasteiger partial charge in [-0.15, -0.1) is 0 Å². The van der Waals surface area contributed by atoms with Gasteiger partial charge in [-0.2, -0.15) is 0 Å². The quantitative estimate of drug-likeness (QED) is 0.737.